The first-order chi connectivity index (χ1) is 9.19. The van der Waals surface area contributed by atoms with Gasteiger partial charge in [-0.2, -0.15) is 0 Å². The van der Waals surface area contributed by atoms with Gasteiger partial charge in [0, 0.05) is 36.1 Å². The summed E-state index contributed by atoms with van der Waals surface area (Å²) >= 11 is 1.69. The average Bonchev–Trinajstić information content (AvgIpc) is 3.12. The molecule has 0 N–H and O–H groups in total. The fourth-order valence-corrected chi connectivity index (χ4v) is 3.28. The van der Waals surface area contributed by atoms with Gasteiger partial charge in [0.2, 0.25) is 5.76 Å². The van der Waals surface area contributed by atoms with Gasteiger partial charge in [0.1, 0.15) is 0 Å². The summed E-state index contributed by atoms with van der Waals surface area (Å²) in [5, 5.41) is 6.75. The van der Waals surface area contributed by atoms with Crippen LogP contribution in [0.3, 0.4) is 0 Å². The summed E-state index contributed by atoms with van der Waals surface area (Å²) in [6, 6.07) is 1.61. The SMILES string of the molecule is CC1(c2nccs2)CCN(C(=O)c2ccno2)CC1. The van der Waals surface area contributed by atoms with Gasteiger partial charge in [0.05, 0.1) is 11.2 Å². The fraction of sp³-hybridized carbons (Fsp3) is 0.462. The van der Waals surface area contributed by atoms with Gasteiger partial charge in [0.15, 0.2) is 0 Å². The first-order valence-electron chi connectivity index (χ1n) is 6.29. The van der Waals surface area contributed by atoms with E-state index in [2.05, 4.69) is 17.1 Å². The van der Waals surface area contributed by atoms with Crippen LogP contribution in [0.2, 0.25) is 0 Å². The van der Waals surface area contributed by atoms with Crippen molar-refractivity contribution < 1.29 is 9.32 Å². The van der Waals surface area contributed by atoms with Crippen LogP contribution in [-0.2, 0) is 5.41 Å². The van der Waals surface area contributed by atoms with E-state index in [1.807, 2.05) is 16.5 Å². The Labute approximate surface area is 115 Å². The predicted octanol–water partition coefficient (Wildman–Crippen LogP) is 2.33. The zero-order valence-electron chi connectivity index (χ0n) is 10.7. The van der Waals surface area contributed by atoms with E-state index in [0.717, 1.165) is 25.9 Å². The molecule has 0 atom stereocenters. The van der Waals surface area contributed by atoms with Crippen molar-refractivity contribution in [1.29, 1.82) is 0 Å². The number of carbonyl (C=O) groups is 1. The molecule has 0 aliphatic carbocycles. The molecule has 2 aromatic heterocycles. The lowest BCUT2D eigenvalue weighted by atomic mass is 9.81. The normalized spacial score (nSPS) is 18.5. The zero-order valence-corrected chi connectivity index (χ0v) is 11.5. The van der Waals surface area contributed by atoms with E-state index in [9.17, 15) is 4.79 Å². The number of amides is 1. The number of likely N-dealkylation sites (tertiary alicyclic amines) is 1. The van der Waals surface area contributed by atoms with Crippen molar-refractivity contribution in [1.82, 2.24) is 15.0 Å². The highest BCUT2D eigenvalue weighted by Crippen LogP contribution is 2.36. The van der Waals surface area contributed by atoms with Gasteiger partial charge in [-0.1, -0.05) is 12.1 Å². The molecular formula is C13H15N3O2S. The van der Waals surface area contributed by atoms with Crippen LogP contribution in [0.15, 0.2) is 28.4 Å². The number of aromatic nitrogens is 2. The predicted molar refractivity (Wildman–Crippen MR) is 71.1 cm³/mol. The van der Waals surface area contributed by atoms with Crippen LogP contribution in [0.4, 0.5) is 0 Å². The third-order valence-electron chi connectivity index (χ3n) is 3.75. The van der Waals surface area contributed by atoms with Gasteiger partial charge in [-0.05, 0) is 12.8 Å². The van der Waals surface area contributed by atoms with Gasteiger partial charge in [-0.15, -0.1) is 11.3 Å². The standard InChI is InChI=1S/C13H15N3O2S/c1-13(12-14-6-9-19-12)3-7-16(8-4-13)11(17)10-2-5-15-18-10/h2,5-6,9H,3-4,7-8H2,1H3. The summed E-state index contributed by atoms with van der Waals surface area (Å²) < 4.78 is 4.92. The van der Waals surface area contributed by atoms with Crippen molar-refractivity contribution >= 4 is 17.2 Å². The first kappa shape index (κ1) is 12.3. The van der Waals surface area contributed by atoms with Crippen LogP contribution < -0.4 is 0 Å². The summed E-state index contributed by atoms with van der Waals surface area (Å²) in [4.78, 5) is 18.4. The highest BCUT2D eigenvalue weighted by Gasteiger charge is 2.35. The smallest absolute Gasteiger partial charge is 0.292 e. The van der Waals surface area contributed by atoms with Crippen LogP contribution in [-0.4, -0.2) is 34.0 Å². The monoisotopic (exact) mass is 277 g/mol. The minimum absolute atomic E-state index is 0.0707. The van der Waals surface area contributed by atoms with Gasteiger partial charge >= 0.3 is 0 Å². The molecule has 0 bridgehead atoms. The van der Waals surface area contributed by atoms with E-state index in [4.69, 9.17) is 4.52 Å². The molecule has 0 spiro atoms. The highest BCUT2D eigenvalue weighted by molar-refractivity contribution is 7.09. The molecule has 0 saturated carbocycles. The maximum atomic E-state index is 12.1. The summed E-state index contributed by atoms with van der Waals surface area (Å²) in [6.45, 7) is 3.69. The Morgan fingerprint density at radius 2 is 2.21 bits per heavy atom. The van der Waals surface area contributed by atoms with E-state index in [1.54, 1.807) is 17.4 Å². The molecule has 1 amide bonds. The Hall–Kier alpha value is -1.69. The third-order valence-corrected chi connectivity index (χ3v) is 4.83. The second kappa shape index (κ2) is 4.77. The maximum Gasteiger partial charge on any atom is 0.292 e. The molecule has 3 heterocycles. The molecule has 3 rings (SSSR count). The average molecular weight is 277 g/mol. The summed E-state index contributed by atoms with van der Waals surface area (Å²) in [6.07, 6.45) is 5.20. The number of carbonyl (C=O) groups excluding carboxylic acids is 1. The molecule has 1 aliphatic heterocycles. The molecule has 5 nitrogen and oxygen atoms in total. The Morgan fingerprint density at radius 1 is 1.42 bits per heavy atom. The summed E-state index contributed by atoms with van der Waals surface area (Å²) in [5.41, 5.74) is 0.0896. The summed E-state index contributed by atoms with van der Waals surface area (Å²) in [5.74, 6) is 0.247. The fourth-order valence-electron chi connectivity index (χ4n) is 2.42. The van der Waals surface area contributed by atoms with E-state index in [-0.39, 0.29) is 11.3 Å². The number of hydrogen-bond donors (Lipinski definition) is 0. The number of rotatable bonds is 2. The molecule has 0 aromatic carbocycles. The van der Waals surface area contributed by atoms with E-state index >= 15 is 0 Å². The molecule has 1 aliphatic rings. The molecule has 1 fully saturated rings. The van der Waals surface area contributed by atoms with Crippen LogP contribution >= 0.6 is 11.3 Å². The van der Waals surface area contributed by atoms with Crippen molar-refractivity contribution in [2.24, 2.45) is 0 Å². The molecule has 1 saturated heterocycles. The third kappa shape index (κ3) is 2.28. The molecule has 100 valence electrons. The second-order valence-electron chi connectivity index (χ2n) is 5.07. The number of thiazole rings is 1. The topological polar surface area (TPSA) is 59.2 Å². The van der Waals surface area contributed by atoms with Crippen molar-refractivity contribution in [3.63, 3.8) is 0 Å². The van der Waals surface area contributed by atoms with Gasteiger partial charge in [-0.25, -0.2) is 4.98 Å². The minimum Gasteiger partial charge on any atom is -0.351 e. The lowest BCUT2D eigenvalue weighted by Gasteiger charge is -2.37. The largest absolute Gasteiger partial charge is 0.351 e. The van der Waals surface area contributed by atoms with Crippen LogP contribution in [0.1, 0.15) is 35.3 Å². The Bertz CT molecular complexity index is 542. The highest BCUT2D eigenvalue weighted by atomic mass is 32.1. The van der Waals surface area contributed by atoms with Gasteiger partial charge in [0.25, 0.3) is 5.91 Å². The van der Waals surface area contributed by atoms with E-state index < -0.39 is 0 Å². The molecule has 0 unspecified atom stereocenters. The number of hydrogen-bond acceptors (Lipinski definition) is 5. The first-order valence-corrected chi connectivity index (χ1v) is 7.17. The molecule has 19 heavy (non-hydrogen) atoms. The Kier molecular flexibility index (Phi) is 3.10. The summed E-state index contributed by atoms with van der Waals surface area (Å²) in [7, 11) is 0. The van der Waals surface area contributed by atoms with Crippen LogP contribution in [0.25, 0.3) is 0 Å². The maximum absolute atomic E-state index is 12.1. The van der Waals surface area contributed by atoms with Crippen molar-refractivity contribution in [3.8, 4) is 0 Å². The van der Waals surface area contributed by atoms with Crippen LogP contribution in [0.5, 0.6) is 0 Å². The Balaban J connectivity index is 1.68. The van der Waals surface area contributed by atoms with Gasteiger partial charge in [-0.3, -0.25) is 4.79 Å². The molecule has 2 aromatic rings. The van der Waals surface area contributed by atoms with Gasteiger partial charge < -0.3 is 9.42 Å². The van der Waals surface area contributed by atoms with E-state index in [1.165, 1.54) is 11.2 Å². The van der Waals surface area contributed by atoms with E-state index in [0.29, 0.717) is 5.76 Å². The van der Waals surface area contributed by atoms with Crippen molar-refractivity contribution in [2.45, 2.75) is 25.2 Å². The lowest BCUT2D eigenvalue weighted by Crippen LogP contribution is -2.43. The molecule has 6 heteroatoms. The number of nitrogens with zero attached hydrogens (tertiary/aromatic N) is 3. The van der Waals surface area contributed by atoms with Crippen molar-refractivity contribution in [2.75, 3.05) is 13.1 Å². The second-order valence-corrected chi connectivity index (χ2v) is 5.96. The molecular weight excluding hydrogens is 262 g/mol. The lowest BCUT2D eigenvalue weighted by molar-refractivity contribution is 0.0634. The minimum atomic E-state index is -0.0707. The zero-order chi connectivity index (χ0) is 13.3. The van der Waals surface area contributed by atoms with Crippen molar-refractivity contribution in [3.05, 3.63) is 34.6 Å². The Morgan fingerprint density at radius 3 is 2.79 bits per heavy atom. The van der Waals surface area contributed by atoms with Crippen LogP contribution in [0, 0.1) is 0 Å². The quantitative estimate of drug-likeness (QED) is 0.845. The molecule has 0 radical (unpaired) electrons. The number of piperidine rings is 1.